The Kier molecular flexibility index (Phi) is 7.38. The summed E-state index contributed by atoms with van der Waals surface area (Å²) in [6.07, 6.45) is 1.42. The van der Waals surface area contributed by atoms with E-state index in [9.17, 15) is 9.59 Å². The molecule has 0 aliphatic heterocycles. The van der Waals surface area contributed by atoms with Crippen LogP contribution < -0.4 is 14.9 Å². The maximum absolute atomic E-state index is 12.7. The number of amides is 1. The van der Waals surface area contributed by atoms with Gasteiger partial charge in [-0.15, -0.1) is 11.3 Å². The van der Waals surface area contributed by atoms with Gasteiger partial charge in [-0.2, -0.15) is 5.10 Å². The fraction of sp³-hybridized carbons (Fsp3) is 0.0417. The average Bonchev–Trinajstić information content (AvgIpc) is 3.16. The maximum Gasteiger partial charge on any atom is 0.355 e. The number of halogens is 3. The molecule has 0 aliphatic carbocycles. The molecular formula is C24H15Cl3N2O4S. The van der Waals surface area contributed by atoms with E-state index in [1.807, 2.05) is 24.3 Å². The molecule has 3 aromatic carbocycles. The Balaban J connectivity index is 1.47. The van der Waals surface area contributed by atoms with Crippen molar-refractivity contribution in [3.63, 3.8) is 0 Å². The lowest BCUT2D eigenvalue weighted by Gasteiger charge is -2.09. The second-order valence-corrected chi connectivity index (χ2v) is 9.14. The van der Waals surface area contributed by atoms with Crippen LogP contribution in [-0.2, 0) is 0 Å². The second-order valence-electron chi connectivity index (χ2n) is 6.86. The molecule has 4 aromatic rings. The number of carbonyl (C=O) groups excluding carboxylic acids is 2. The maximum atomic E-state index is 12.7. The van der Waals surface area contributed by atoms with Crippen LogP contribution in [0.3, 0.4) is 0 Å². The molecule has 0 saturated carbocycles. The molecule has 4 rings (SSSR count). The SMILES string of the molecule is COc1cc(/C=N\NC(=O)c2ccc(Cl)cc2Cl)ccc1OC(=O)c1sc2ccccc2c1Cl. The molecule has 0 spiro atoms. The highest BCUT2D eigenvalue weighted by Crippen LogP contribution is 2.37. The predicted molar refractivity (Wildman–Crippen MR) is 136 cm³/mol. The van der Waals surface area contributed by atoms with Gasteiger partial charge >= 0.3 is 5.97 Å². The van der Waals surface area contributed by atoms with Crippen molar-refractivity contribution in [3.8, 4) is 11.5 Å². The largest absolute Gasteiger partial charge is 0.493 e. The Hall–Kier alpha value is -3.10. The number of rotatable bonds is 6. The molecule has 1 heterocycles. The molecule has 172 valence electrons. The number of nitrogens with zero attached hydrogens (tertiary/aromatic N) is 1. The highest BCUT2D eigenvalue weighted by molar-refractivity contribution is 7.21. The molecule has 1 amide bonds. The van der Waals surface area contributed by atoms with E-state index < -0.39 is 11.9 Å². The van der Waals surface area contributed by atoms with Gasteiger partial charge in [0, 0.05) is 15.1 Å². The van der Waals surface area contributed by atoms with Crippen molar-refractivity contribution in [2.75, 3.05) is 7.11 Å². The summed E-state index contributed by atoms with van der Waals surface area (Å²) in [5, 5.41) is 5.72. The van der Waals surface area contributed by atoms with E-state index in [1.54, 1.807) is 24.3 Å². The third-order valence-corrected chi connectivity index (χ3v) is 6.87. The van der Waals surface area contributed by atoms with E-state index >= 15 is 0 Å². The molecule has 1 aromatic heterocycles. The van der Waals surface area contributed by atoms with Gasteiger partial charge in [-0.1, -0.05) is 53.0 Å². The molecule has 34 heavy (non-hydrogen) atoms. The second kappa shape index (κ2) is 10.4. The molecule has 0 atom stereocenters. The van der Waals surface area contributed by atoms with Gasteiger partial charge in [-0.3, -0.25) is 4.79 Å². The van der Waals surface area contributed by atoms with E-state index in [0.29, 0.717) is 26.2 Å². The lowest BCUT2D eigenvalue weighted by atomic mass is 10.2. The summed E-state index contributed by atoms with van der Waals surface area (Å²) in [7, 11) is 1.45. The van der Waals surface area contributed by atoms with Crippen molar-refractivity contribution in [1.82, 2.24) is 5.43 Å². The fourth-order valence-electron chi connectivity index (χ4n) is 3.04. The zero-order valence-electron chi connectivity index (χ0n) is 17.5. The molecule has 0 fully saturated rings. The summed E-state index contributed by atoms with van der Waals surface area (Å²) >= 11 is 19.5. The number of hydrogen-bond acceptors (Lipinski definition) is 6. The Bertz CT molecular complexity index is 1440. The van der Waals surface area contributed by atoms with Gasteiger partial charge in [0.05, 0.1) is 28.9 Å². The van der Waals surface area contributed by atoms with Crippen molar-refractivity contribution in [2.45, 2.75) is 0 Å². The van der Waals surface area contributed by atoms with Crippen LogP contribution in [0.25, 0.3) is 10.1 Å². The van der Waals surface area contributed by atoms with Crippen LogP contribution in [0.4, 0.5) is 0 Å². The van der Waals surface area contributed by atoms with Gasteiger partial charge < -0.3 is 9.47 Å². The molecule has 0 radical (unpaired) electrons. The van der Waals surface area contributed by atoms with Gasteiger partial charge in [0.25, 0.3) is 5.91 Å². The Morgan fingerprint density at radius 2 is 1.79 bits per heavy atom. The van der Waals surface area contributed by atoms with Crippen LogP contribution in [0.5, 0.6) is 11.5 Å². The Labute approximate surface area is 213 Å². The summed E-state index contributed by atoms with van der Waals surface area (Å²) in [5.41, 5.74) is 3.23. The number of hydrogen-bond donors (Lipinski definition) is 1. The van der Waals surface area contributed by atoms with E-state index in [0.717, 1.165) is 10.1 Å². The number of hydrazone groups is 1. The molecule has 6 nitrogen and oxygen atoms in total. The molecule has 0 aliphatic rings. The summed E-state index contributed by atoms with van der Waals surface area (Å²) in [5.74, 6) is -0.551. The first kappa shape index (κ1) is 24.0. The van der Waals surface area contributed by atoms with Crippen molar-refractivity contribution >= 4 is 74.3 Å². The van der Waals surface area contributed by atoms with Gasteiger partial charge in [0.1, 0.15) is 4.88 Å². The van der Waals surface area contributed by atoms with Crippen molar-refractivity contribution < 1.29 is 19.1 Å². The number of ether oxygens (including phenoxy) is 2. The number of benzene rings is 3. The lowest BCUT2D eigenvalue weighted by molar-refractivity contribution is 0.0734. The molecule has 0 unspecified atom stereocenters. The van der Waals surface area contributed by atoms with Crippen LogP contribution in [0.2, 0.25) is 15.1 Å². The van der Waals surface area contributed by atoms with E-state index in [4.69, 9.17) is 44.3 Å². The number of nitrogens with one attached hydrogen (secondary N) is 1. The van der Waals surface area contributed by atoms with Crippen molar-refractivity contribution in [3.05, 3.63) is 91.7 Å². The molecular weight excluding hydrogens is 519 g/mol. The minimum atomic E-state index is -0.585. The first-order chi connectivity index (χ1) is 16.4. The highest BCUT2D eigenvalue weighted by atomic mass is 35.5. The lowest BCUT2D eigenvalue weighted by Crippen LogP contribution is -2.18. The number of thiophene rings is 1. The summed E-state index contributed by atoms with van der Waals surface area (Å²) in [6, 6.07) is 16.8. The number of methoxy groups -OCH3 is 1. The minimum Gasteiger partial charge on any atom is -0.493 e. The van der Waals surface area contributed by atoms with Gasteiger partial charge in [0.2, 0.25) is 0 Å². The number of fused-ring (bicyclic) bond motifs is 1. The minimum absolute atomic E-state index is 0.215. The van der Waals surface area contributed by atoms with Crippen molar-refractivity contribution in [1.29, 1.82) is 0 Å². The van der Waals surface area contributed by atoms with Crippen LogP contribution in [0.15, 0.2) is 65.8 Å². The first-order valence-electron chi connectivity index (χ1n) is 9.73. The molecule has 1 N–H and O–H groups in total. The zero-order chi connectivity index (χ0) is 24.2. The summed E-state index contributed by atoms with van der Waals surface area (Å²) in [6.45, 7) is 0. The third-order valence-electron chi connectivity index (χ3n) is 4.67. The van der Waals surface area contributed by atoms with Gasteiger partial charge in [-0.05, 0) is 48.0 Å². The van der Waals surface area contributed by atoms with E-state index in [1.165, 1.54) is 36.8 Å². The summed E-state index contributed by atoms with van der Waals surface area (Å²) < 4.78 is 11.8. The average molecular weight is 534 g/mol. The Morgan fingerprint density at radius 1 is 1.00 bits per heavy atom. The number of esters is 1. The fourth-order valence-corrected chi connectivity index (χ4v) is 4.92. The normalized spacial score (nSPS) is 11.1. The first-order valence-corrected chi connectivity index (χ1v) is 11.7. The summed E-state index contributed by atoms with van der Waals surface area (Å²) in [4.78, 5) is 25.3. The quantitative estimate of drug-likeness (QED) is 0.127. The standard InChI is InChI=1S/C24H15Cl3N2O4S/c1-32-19-10-13(12-28-29-23(30)15-8-7-14(25)11-17(15)26)6-9-18(19)33-24(31)22-21(27)16-4-2-3-5-20(16)34-22/h2-12H,1H3,(H,29,30)/b28-12-. The van der Waals surface area contributed by atoms with Crippen molar-refractivity contribution in [2.24, 2.45) is 5.10 Å². The predicted octanol–water partition coefficient (Wildman–Crippen LogP) is 6.85. The van der Waals surface area contributed by atoms with Crippen LogP contribution in [0, 0.1) is 0 Å². The topological polar surface area (TPSA) is 77.0 Å². The smallest absolute Gasteiger partial charge is 0.355 e. The monoisotopic (exact) mass is 532 g/mol. The highest BCUT2D eigenvalue weighted by Gasteiger charge is 2.20. The molecule has 0 bridgehead atoms. The van der Waals surface area contributed by atoms with Gasteiger partial charge in [-0.25, -0.2) is 10.2 Å². The van der Waals surface area contributed by atoms with Gasteiger partial charge in [0.15, 0.2) is 11.5 Å². The molecule has 10 heteroatoms. The third kappa shape index (κ3) is 5.18. The zero-order valence-corrected chi connectivity index (χ0v) is 20.6. The molecule has 0 saturated heterocycles. The van der Waals surface area contributed by atoms with E-state index in [2.05, 4.69) is 10.5 Å². The van der Waals surface area contributed by atoms with Crippen LogP contribution >= 0.6 is 46.1 Å². The van der Waals surface area contributed by atoms with Crippen LogP contribution in [-0.4, -0.2) is 25.2 Å². The number of carbonyl (C=O) groups is 2. The van der Waals surface area contributed by atoms with E-state index in [-0.39, 0.29) is 16.3 Å². The Morgan fingerprint density at radius 3 is 2.53 bits per heavy atom. The van der Waals surface area contributed by atoms with Crippen LogP contribution in [0.1, 0.15) is 25.6 Å².